The van der Waals surface area contributed by atoms with Crippen LogP contribution in [0.25, 0.3) is 5.69 Å². The molecule has 1 atom stereocenters. The summed E-state index contributed by atoms with van der Waals surface area (Å²) in [5.74, 6) is 0.834. The Morgan fingerprint density at radius 1 is 1.39 bits per heavy atom. The number of methoxy groups -OCH3 is 1. The lowest BCUT2D eigenvalue weighted by molar-refractivity contribution is 0.190. The van der Waals surface area contributed by atoms with E-state index < -0.39 is 0 Å². The summed E-state index contributed by atoms with van der Waals surface area (Å²) in [6, 6.07) is 8.54. The predicted octanol–water partition coefficient (Wildman–Crippen LogP) is 2.92. The van der Waals surface area contributed by atoms with E-state index in [0.717, 1.165) is 11.6 Å². The fraction of sp³-hybridized carbons (Fsp3) is 0.308. The van der Waals surface area contributed by atoms with Gasteiger partial charge < -0.3 is 10.1 Å². The molecule has 5 heteroatoms. The number of benzene rings is 1. The van der Waals surface area contributed by atoms with Crippen LogP contribution in [0.5, 0.6) is 0 Å². The second-order valence-electron chi connectivity index (χ2n) is 4.10. The molecule has 1 aromatic carbocycles. The Hall–Kier alpha value is -1.08. The zero-order chi connectivity index (χ0) is 13.0. The lowest BCUT2D eigenvalue weighted by atomic mass is 10.3. The summed E-state index contributed by atoms with van der Waals surface area (Å²) in [5.41, 5.74) is 1.10. The smallest absolute Gasteiger partial charge is 0.207 e. The third-order valence-electron chi connectivity index (χ3n) is 2.54. The summed E-state index contributed by atoms with van der Waals surface area (Å²) >= 11 is 2.30. The lowest BCUT2D eigenvalue weighted by Crippen LogP contribution is -2.22. The summed E-state index contributed by atoms with van der Waals surface area (Å²) in [4.78, 5) is 4.33. The highest BCUT2D eigenvalue weighted by atomic mass is 127. The highest BCUT2D eigenvalue weighted by Crippen LogP contribution is 2.16. The Balaban J connectivity index is 2.19. The maximum absolute atomic E-state index is 5.11. The second kappa shape index (κ2) is 6.19. The van der Waals surface area contributed by atoms with E-state index in [9.17, 15) is 0 Å². The van der Waals surface area contributed by atoms with Crippen molar-refractivity contribution < 1.29 is 4.74 Å². The first kappa shape index (κ1) is 13.4. The number of anilines is 1. The zero-order valence-electron chi connectivity index (χ0n) is 10.4. The molecule has 0 saturated heterocycles. The molecule has 0 bridgehead atoms. The van der Waals surface area contributed by atoms with Gasteiger partial charge in [-0.3, -0.25) is 4.57 Å². The fourth-order valence-electron chi connectivity index (χ4n) is 1.73. The molecule has 0 aliphatic rings. The highest BCUT2D eigenvalue weighted by Gasteiger charge is 2.08. The summed E-state index contributed by atoms with van der Waals surface area (Å²) in [5, 5.41) is 3.33. The summed E-state index contributed by atoms with van der Waals surface area (Å²) in [6.07, 6.45) is 3.74. The van der Waals surface area contributed by atoms with Crippen LogP contribution in [-0.2, 0) is 4.74 Å². The van der Waals surface area contributed by atoms with Crippen LogP contribution in [0.3, 0.4) is 0 Å². The average molecular weight is 357 g/mol. The van der Waals surface area contributed by atoms with Crippen molar-refractivity contribution in [3.05, 3.63) is 40.2 Å². The van der Waals surface area contributed by atoms with Crippen molar-refractivity contribution >= 4 is 28.5 Å². The van der Waals surface area contributed by atoms with Crippen LogP contribution in [0, 0.1) is 3.57 Å². The molecule has 0 aliphatic heterocycles. The molecule has 4 nitrogen and oxygen atoms in total. The molecule has 1 aromatic heterocycles. The number of rotatable bonds is 5. The van der Waals surface area contributed by atoms with Gasteiger partial charge in [0, 0.05) is 34.8 Å². The van der Waals surface area contributed by atoms with Crippen molar-refractivity contribution in [1.82, 2.24) is 9.55 Å². The van der Waals surface area contributed by atoms with Gasteiger partial charge in [-0.1, -0.05) is 0 Å². The van der Waals surface area contributed by atoms with Gasteiger partial charge >= 0.3 is 0 Å². The average Bonchev–Trinajstić information content (AvgIpc) is 2.78. The molecular formula is C13H16IN3O. The molecule has 1 heterocycles. The summed E-state index contributed by atoms with van der Waals surface area (Å²) in [6.45, 7) is 2.72. The lowest BCUT2D eigenvalue weighted by Gasteiger charge is -2.15. The number of imidazole rings is 1. The van der Waals surface area contributed by atoms with Crippen molar-refractivity contribution in [1.29, 1.82) is 0 Å². The van der Waals surface area contributed by atoms with Crippen molar-refractivity contribution in [3.8, 4) is 5.69 Å². The van der Waals surface area contributed by atoms with Gasteiger partial charge in [-0.2, -0.15) is 0 Å². The molecule has 0 amide bonds. The molecule has 0 saturated carbocycles. The fourth-order valence-corrected chi connectivity index (χ4v) is 2.09. The molecule has 2 aromatic rings. The SMILES string of the molecule is COCC(C)Nc1nccn1-c1ccc(I)cc1. The van der Waals surface area contributed by atoms with Gasteiger partial charge in [0.1, 0.15) is 0 Å². The Morgan fingerprint density at radius 2 is 2.11 bits per heavy atom. The van der Waals surface area contributed by atoms with E-state index in [1.165, 1.54) is 3.57 Å². The van der Waals surface area contributed by atoms with Crippen molar-refractivity contribution in [2.75, 3.05) is 19.0 Å². The van der Waals surface area contributed by atoms with Gasteiger partial charge in [-0.05, 0) is 53.8 Å². The van der Waals surface area contributed by atoms with Crippen molar-refractivity contribution in [3.63, 3.8) is 0 Å². The molecule has 0 fully saturated rings. The molecule has 1 N–H and O–H groups in total. The summed E-state index contributed by atoms with van der Waals surface area (Å²) in [7, 11) is 1.70. The minimum Gasteiger partial charge on any atom is -0.383 e. The number of nitrogens with one attached hydrogen (secondary N) is 1. The standard InChI is InChI=1S/C13H16IN3O/c1-10(9-18-2)16-13-15-7-8-17(13)12-5-3-11(14)4-6-12/h3-8,10H,9H2,1-2H3,(H,15,16). The number of hydrogen-bond donors (Lipinski definition) is 1. The molecule has 18 heavy (non-hydrogen) atoms. The van der Waals surface area contributed by atoms with E-state index in [-0.39, 0.29) is 6.04 Å². The van der Waals surface area contributed by atoms with E-state index in [2.05, 4.69) is 64.1 Å². The minimum atomic E-state index is 0.222. The Morgan fingerprint density at radius 3 is 2.78 bits per heavy atom. The van der Waals surface area contributed by atoms with E-state index in [0.29, 0.717) is 6.61 Å². The van der Waals surface area contributed by atoms with Crippen LogP contribution in [0.2, 0.25) is 0 Å². The predicted molar refractivity (Wildman–Crippen MR) is 81.2 cm³/mol. The normalized spacial score (nSPS) is 12.4. The molecular weight excluding hydrogens is 341 g/mol. The van der Waals surface area contributed by atoms with E-state index in [1.54, 1.807) is 13.3 Å². The van der Waals surface area contributed by atoms with E-state index in [1.807, 2.05) is 10.8 Å². The van der Waals surface area contributed by atoms with Crippen LogP contribution in [0.1, 0.15) is 6.92 Å². The molecule has 96 valence electrons. The zero-order valence-corrected chi connectivity index (χ0v) is 12.6. The molecule has 0 spiro atoms. The van der Waals surface area contributed by atoms with Crippen LogP contribution < -0.4 is 5.32 Å². The first-order chi connectivity index (χ1) is 8.70. The quantitative estimate of drug-likeness (QED) is 0.837. The number of hydrogen-bond acceptors (Lipinski definition) is 3. The topological polar surface area (TPSA) is 39.1 Å². The number of aromatic nitrogens is 2. The van der Waals surface area contributed by atoms with Crippen LogP contribution in [0.4, 0.5) is 5.95 Å². The van der Waals surface area contributed by atoms with Gasteiger partial charge in [0.2, 0.25) is 5.95 Å². The Kier molecular flexibility index (Phi) is 4.60. The second-order valence-corrected chi connectivity index (χ2v) is 5.34. The van der Waals surface area contributed by atoms with Crippen LogP contribution in [0.15, 0.2) is 36.7 Å². The molecule has 1 unspecified atom stereocenters. The molecule has 0 radical (unpaired) electrons. The maximum Gasteiger partial charge on any atom is 0.207 e. The first-order valence-electron chi connectivity index (χ1n) is 5.75. The number of nitrogens with zero attached hydrogens (tertiary/aromatic N) is 2. The number of ether oxygens (including phenoxy) is 1. The monoisotopic (exact) mass is 357 g/mol. The largest absolute Gasteiger partial charge is 0.383 e. The first-order valence-corrected chi connectivity index (χ1v) is 6.83. The van der Waals surface area contributed by atoms with Gasteiger partial charge in [0.25, 0.3) is 0 Å². The van der Waals surface area contributed by atoms with Gasteiger partial charge in [-0.25, -0.2) is 4.98 Å². The van der Waals surface area contributed by atoms with E-state index >= 15 is 0 Å². The molecule has 0 aliphatic carbocycles. The van der Waals surface area contributed by atoms with Gasteiger partial charge in [-0.15, -0.1) is 0 Å². The maximum atomic E-state index is 5.11. The van der Waals surface area contributed by atoms with Crippen molar-refractivity contribution in [2.24, 2.45) is 0 Å². The minimum absolute atomic E-state index is 0.222. The van der Waals surface area contributed by atoms with Crippen LogP contribution >= 0.6 is 22.6 Å². The Labute approximate surface area is 121 Å². The van der Waals surface area contributed by atoms with Gasteiger partial charge in [0.15, 0.2) is 0 Å². The molecule has 2 rings (SSSR count). The third-order valence-corrected chi connectivity index (χ3v) is 3.26. The van der Waals surface area contributed by atoms with Gasteiger partial charge in [0.05, 0.1) is 6.61 Å². The third kappa shape index (κ3) is 3.23. The van der Waals surface area contributed by atoms with E-state index in [4.69, 9.17) is 4.74 Å². The number of halogens is 1. The van der Waals surface area contributed by atoms with Crippen molar-refractivity contribution in [2.45, 2.75) is 13.0 Å². The Bertz CT molecular complexity index is 495. The summed E-state index contributed by atoms with van der Waals surface area (Å²) < 4.78 is 8.36. The van der Waals surface area contributed by atoms with Crippen LogP contribution in [-0.4, -0.2) is 29.3 Å². The highest BCUT2D eigenvalue weighted by molar-refractivity contribution is 14.1.